The first kappa shape index (κ1) is 15.1. The molecule has 0 bridgehead atoms. The number of fused-ring (bicyclic) bond motifs is 1. The van der Waals surface area contributed by atoms with Gasteiger partial charge < -0.3 is 10.8 Å². The molecule has 3 heterocycles. The van der Waals surface area contributed by atoms with Crippen molar-refractivity contribution < 1.29 is 14.7 Å². The Kier molecular flexibility index (Phi) is 4.19. The van der Waals surface area contributed by atoms with Crippen LogP contribution in [0.4, 0.5) is 0 Å². The van der Waals surface area contributed by atoms with Crippen LogP contribution in [0.25, 0.3) is 0 Å². The Hall–Kier alpha value is -1.84. The lowest BCUT2D eigenvalue weighted by molar-refractivity contribution is -0.147. The van der Waals surface area contributed by atoms with E-state index in [4.69, 9.17) is 5.73 Å². The molecule has 0 aromatic carbocycles. The number of aliphatic carboxylic acids is 1. The number of β-lactam (4-membered cyclic amide) rings is 1. The van der Waals surface area contributed by atoms with Gasteiger partial charge in [-0.1, -0.05) is 11.8 Å². The van der Waals surface area contributed by atoms with Gasteiger partial charge in [0.05, 0.1) is 0 Å². The molecule has 0 spiro atoms. The number of nitrogens with two attached hydrogens (primary N) is 1. The summed E-state index contributed by atoms with van der Waals surface area (Å²) in [7, 11) is 0. The van der Waals surface area contributed by atoms with E-state index in [-0.39, 0.29) is 17.0 Å². The number of carboxylic acid groups (broad SMARTS) is 1. The maximum atomic E-state index is 11.8. The highest BCUT2D eigenvalue weighted by Crippen LogP contribution is 2.39. The summed E-state index contributed by atoms with van der Waals surface area (Å²) in [6.07, 6.45) is 4.95. The fourth-order valence-electron chi connectivity index (χ4n) is 2.19. The number of allylic oxidation sites excluding steroid dienone is 1. The predicted molar refractivity (Wildman–Crippen MR) is 82.8 cm³/mol. The second-order valence-electron chi connectivity index (χ2n) is 4.57. The van der Waals surface area contributed by atoms with Crippen molar-refractivity contribution in [2.75, 3.05) is 5.75 Å². The molecule has 1 amide bonds. The molecule has 1 unspecified atom stereocenters. The maximum absolute atomic E-state index is 11.8. The average Bonchev–Trinajstić information content (AvgIpc) is 2.54. The van der Waals surface area contributed by atoms with Crippen molar-refractivity contribution in [3.8, 4) is 0 Å². The lowest BCUT2D eigenvalue weighted by Crippen LogP contribution is -2.68. The molecule has 22 heavy (non-hydrogen) atoms. The number of carbonyl (C=O) groups is 2. The van der Waals surface area contributed by atoms with Gasteiger partial charge in [0.25, 0.3) is 0 Å². The minimum Gasteiger partial charge on any atom is -0.477 e. The van der Waals surface area contributed by atoms with Gasteiger partial charge in [-0.2, -0.15) is 0 Å². The Morgan fingerprint density at radius 1 is 1.50 bits per heavy atom. The van der Waals surface area contributed by atoms with Gasteiger partial charge in [-0.25, -0.2) is 14.8 Å². The number of nitrogens with zero attached hydrogens (tertiary/aromatic N) is 3. The van der Waals surface area contributed by atoms with Crippen LogP contribution in [0.1, 0.15) is 0 Å². The van der Waals surface area contributed by atoms with E-state index < -0.39 is 12.0 Å². The Morgan fingerprint density at radius 3 is 2.91 bits per heavy atom. The summed E-state index contributed by atoms with van der Waals surface area (Å²) >= 11 is 2.75. The molecule has 114 valence electrons. The molecule has 7 nitrogen and oxygen atoms in total. The van der Waals surface area contributed by atoms with Crippen LogP contribution in [0.5, 0.6) is 0 Å². The molecule has 3 rings (SSSR count). The lowest BCUT2D eigenvalue weighted by atomic mass is 10.0. The zero-order valence-corrected chi connectivity index (χ0v) is 12.9. The van der Waals surface area contributed by atoms with E-state index in [1.165, 1.54) is 28.4 Å². The highest BCUT2D eigenvalue weighted by atomic mass is 32.2. The van der Waals surface area contributed by atoms with Gasteiger partial charge in [0.1, 0.15) is 17.1 Å². The van der Waals surface area contributed by atoms with E-state index in [9.17, 15) is 14.7 Å². The van der Waals surface area contributed by atoms with Crippen molar-refractivity contribution in [3.05, 3.63) is 41.2 Å². The molecular weight excluding hydrogens is 324 g/mol. The summed E-state index contributed by atoms with van der Waals surface area (Å²) < 4.78 is 0. The summed E-state index contributed by atoms with van der Waals surface area (Å²) in [4.78, 5) is 32.6. The van der Waals surface area contributed by atoms with E-state index in [0.29, 0.717) is 16.5 Å². The summed E-state index contributed by atoms with van der Waals surface area (Å²) in [5.74, 6) is -0.970. The lowest BCUT2D eigenvalue weighted by Gasteiger charge is -2.47. The number of hydrogen-bond donors (Lipinski definition) is 2. The number of aromatic nitrogens is 2. The summed E-state index contributed by atoms with van der Waals surface area (Å²) in [6, 6.07) is 1.10. The van der Waals surface area contributed by atoms with Crippen molar-refractivity contribution in [2.24, 2.45) is 5.73 Å². The van der Waals surface area contributed by atoms with Crippen LogP contribution in [-0.4, -0.2) is 49.0 Å². The summed E-state index contributed by atoms with van der Waals surface area (Å²) in [6.45, 7) is 0. The number of carbonyl (C=O) groups excluding carboxylic acids is 1. The smallest absolute Gasteiger partial charge is 0.352 e. The third-order valence-electron chi connectivity index (χ3n) is 3.23. The normalized spacial score (nSPS) is 24.4. The Morgan fingerprint density at radius 2 is 2.23 bits per heavy atom. The molecule has 0 saturated carbocycles. The van der Waals surface area contributed by atoms with E-state index in [1.54, 1.807) is 29.9 Å². The van der Waals surface area contributed by atoms with Gasteiger partial charge in [0.15, 0.2) is 5.16 Å². The molecule has 9 heteroatoms. The average molecular weight is 336 g/mol. The minimum absolute atomic E-state index is 0.0151. The largest absolute Gasteiger partial charge is 0.477 e. The maximum Gasteiger partial charge on any atom is 0.352 e. The van der Waals surface area contributed by atoms with Crippen molar-refractivity contribution in [1.29, 1.82) is 0 Å². The minimum atomic E-state index is -1.12. The van der Waals surface area contributed by atoms with Crippen molar-refractivity contribution in [3.63, 3.8) is 0 Å². The number of rotatable bonds is 4. The van der Waals surface area contributed by atoms with Crippen LogP contribution >= 0.6 is 23.5 Å². The molecule has 3 N–H and O–H groups in total. The standard InChI is InChI=1S/C13H12N4O3S2/c14-8-10(18)17-9(12(19)20)7(6-22-11(8)17)2-5-21-13-15-3-1-4-16-13/h1-5,8,11H,6,14H2,(H,19,20)/t8?,11-/m0/s1. The number of hydrogen-bond acceptors (Lipinski definition) is 7. The highest BCUT2D eigenvalue weighted by molar-refractivity contribution is 8.02. The number of carboxylic acids is 1. The van der Waals surface area contributed by atoms with Crippen molar-refractivity contribution in [2.45, 2.75) is 16.6 Å². The third-order valence-corrected chi connectivity index (χ3v) is 5.24. The molecule has 1 saturated heterocycles. The second kappa shape index (κ2) is 6.11. The van der Waals surface area contributed by atoms with E-state index >= 15 is 0 Å². The van der Waals surface area contributed by atoms with Crippen LogP contribution < -0.4 is 5.73 Å². The van der Waals surface area contributed by atoms with Crippen LogP contribution in [-0.2, 0) is 9.59 Å². The first-order valence-corrected chi connectivity index (χ1v) is 8.29. The predicted octanol–water partition coefficient (Wildman–Crippen LogP) is 0.663. The molecule has 2 aliphatic heterocycles. The zero-order valence-electron chi connectivity index (χ0n) is 11.2. The van der Waals surface area contributed by atoms with Gasteiger partial charge in [0, 0.05) is 18.1 Å². The van der Waals surface area contributed by atoms with Crippen LogP contribution in [0.15, 0.2) is 46.4 Å². The quantitative estimate of drug-likeness (QED) is 0.469. The van der Waals surface area contributed by atoms with Gasteiger partial charge in [-0.3, -0.25) is 9.69 Å². The second-order valence-corrected chi connectivity index (χ2v) is 6.54. The Bertz CT molecular complexity index is 677. The Labute approximate surface area is 134 Å². The van der Waals surface area contributed by atoms with Gasteiger partial charge in [0.2, 0.25) is 5.91 Å². The fourth-order valence-corrected chi connectivity index (χ4v) is 4.05. The fraction of sp³-hybridized carbons (Fsp3) is 0.231. The molecule has 0 aliphatic carbocycles. The van der Waals surface area contributed by atoms with Gasteiger partial charge in [-0.15, -0.1) is 11.8 Å². The number of thioether (sulfide) groups is 2. The topological polar surface area (TPSA) is 109 Å². The van der Waals surface area contributed by atoms with Crippen LogP contribution in [0.3, 0.4) is 0 Å². The molecule has 1 aromatic rings. The van der Waals surface area contributed by atoms with Crippen molar-refractivity contribution >= 4 is 35.4 Å². The van der Waals surface area contributed by atoms with E-state index in [1.807, 2.05) is 0 Å². The zero-order chi connectivity index (χ0) is 15.7. The molecule has 1 aromatic heterocycles. The SMILES string of the molecule is NC1C(=O)N2C(C(=O)O)=C(C=CSc3ncccn3)CS[C@@H]12. The Balaban J connectivity index is 1.81. The molecule has 2 aliphatic rings. The molecule has 1 fully saturated rings. The van der Waals surface area contributed by atoms with E-state index in [0.717, 1.165) is 0 Å². The highest BCUT2D eigenvalue weighted by Gasteiger charge is 2.51. The van der Waals surface area contributed by atoms with Crippen LogP contribution in [0.2, 0.25) is 0 Å². The van der Waals surface area contributed by atoms with E-state index in [2.05, 4.69) is 9.97 Å². The number of amides is 1. The summed E-state index contributed by atoms with van der Waals surface area (Å²) in [5.41, 5.74) is 6.29. The molecular formula is C13H12N4O3S2. The van der Waals surface area contributed by atoms with Crippen molar-refractivity contribution in [1.82, 2.24) is 14.9 Å². The first-order chi connectivity index (χ1) is 10.6. The molecule has 2 atom stereocenters. The molecule has 0 radical (unpaired) electrons. The third kappa shape index (κ3) is 2.62. The summed E-state index contributed by atoms with van der Waals surface area (Å²) in [5, 5.41) is 11.4. The first-order valence-electron chi connectivity index (χ1n) is 6.36. The van der Waals surface area contributed by atoms with Crippen LogP contribution in [0, 0.1) is 0 Å². The monoisotopic (exact) mass is 336 g/mol. The van der Waals surface area contributed by atoms with Gasteiger partial charge >= 0.3 is 5.97 Å². The van der Waals surface area contributed by atoms with Gasteiger partial charge in [-0.05, 0) is 23.1 Å².